The van der Waals surface area contributed by atoms with Crippen LogP contribution in [0.2, 0.25) is 5.02 Å². The molecule has 2 nitrogen and oxygen atoms in total. The number of carbonyl (C=O) groups is 1. The van der Waals surface area contributed by atoms with Gasteiger partial charge in [-0.3, -0.25) is 4.79 Å². The molecule has 3 heteroatoms. The first kappa shape index (κ1) is 13.4. The number of ketones is 1. The summed E-state index contributed by atoms with van der Waals surface area (Å²) in [6, 6.07) is 12.5. The third-order valence-electron chi connectivity index (χ3n) is 2.83. The number of allylic oxidation sites excluding steroid dienone is 1. The van der Waals surface area contributed by atoms with E-state index in [9.17, 15) is 9.90 Å². The molecule has 0 saturated carbocycles. The molecule has 0 atom stereocenters. The van der Waals surface area contributed by atoms with Gasteiger partial charge in [0.2, 0.25) is 0 Å². The van der Waals surface area contributed by atoms with Gasteiger partial charge < -0.3 is 5.11 Å². The van der Waals surface area contributed by atoms with Crippen molar-refractivity contribution in [1.82, 2.24) is 0 Å². The van der Waals surface area contributed by atoms with Gasteiger partial charge in [0.1, 0.15) is 5.75 Å². The van der Waals surface area contributed by atoms with E-state index in [1.54, 1.807) is 19.1 Å². The molecule has 0 aliphatic rings. The maximum atomic E-state index is 12.0. The fourth-order valence-electron chi connectivity index (χ4n) is 1.64. The minimum Gasteiger partial charge on any atom is -0.508 e. The Kier molecular flexibility index (Phi) is 4.03. The van der Waals surface area contributed by atoms with Crippen molar-refractivity contribution in [2.24, 2.45) is 0 Å². The number of aromatic hydroxyl groups is 1. The summed E-state index contributed by atoms with van der Waals surface area (Å²) in [5.41, 5.74) is 1.89. The normalized spacial score (nSPS) is 10.8. The van der Waals surface area contributed by atoms with Gasteiger partial charge in [0.05, 0.1) is 0 Å². The molecule has 0 unspecified atom stereocenters. The van der Waals surface area contributed by atoms with E-state index in [0.29, 0.717) is 16.1 Å². The van der Waals surface area contributed by atoms with Crippen LogP contribution in [0.15, 0.2) is 48.5 Å². The number of phenols is 1. The molecule has 0 aromatic heterocycles. The van der Waals surface area contributed by atoms with Crippen LogP contribution in [-0.2, 0) is 0 Å². The minimum absolute atomic E-state index is 0.0314. The van der Waals surface area contributed by atoms with Crippen molar-refractivity contribution in [1.29, 1.82) is 0 Å². The Morgan fingerprint density at radius 3 is 2.53 bits per heavy atom. The first-order chi connectivity index (χ1) is 9.08. The van der Waals surface area contributed by atoms with Crippen molar-refractivity contribution in [2.45, 2.75) is 6.92 Å². The Morgan fingerprint density at radius 1 is 1.21 bits per heavy atom. The molecule has 0 radical (unpaired) electrons. The molecular formula is C16H13ClO2. The van der Waals surface area contributed by atoms with Gasteiger partial charge >= 0.3 is 0 Å². The quantitative estimate of drug-likeness (QED) is 0.670. The van der Waals surface area contributed by atoms with Gasteiger partial charge in [-0.15, -0.1) is 0 Å². The van der Waals surface area contributed by atoms with Crippen molar-refractivity contribution in [3.63, 3.8) is 0 Å². The highest BCUT2D eigenvalue weighted by atomic mass is 35.5. The Hall–Kier alpha value is -2.06. The van der Waals surface area contributed by atoms with Crippen LogP contribution in [0.5, 0.6) is 5.75 Å². The molecule has 0 heterocycles. The molecule has 2 rings (SSSR count). The summed E-state index contributed by atoms with van der Waals surface area (Å²) < 4.78 is 0. The second kappa shape index (κ2) is 5.72. The molecule has 0 aliphatic heterocycles. The van der Waals surface area contributed by atoms with Gasteiger partial charge in [-0.05, 0) is 30.7 Å². The fourth-order valence-corrected chi connectivity index (χ4v) is 1.85. The third-order valence-corrected chi connectivity index (χ3v) is 3.22. The number of benzene rings is 2. The van der Waals surface area contributed by atoms with Crippen LogP contribution in [0.25, 0.3) is 6.08 Å². The van der Waals surface area contributed by atoms with Gasteiger partial charge in [0, 0.05) is 16.1 Å². The van der Waals surface area contributed by atoms with Crippen LogP contribution in [0, 0.1) is 6.92 Å². The van der Waals surface area contributed by atoms with Crippen LogP contribution in [0.1, 0.15) is 21.5 Å². The largest absolute Gasteiger partial charge is 0.508 e. The zero-order chi connectivity index (χ0) is 13.8. The average molecular weight is 273 g/mol. The van der Waals surface area contributed by atoms with Crippen molar-refractivity contribution >= 4 is 23.5 Å². The Bertz CT molecular complexity index is 607. The lowest BCUT2D eigenvalue weighted by Gasteiger charge is -2.04. The molecular weight excluding hydrogens is 260 g/mol. The molecule has 19 heavy (non-hydrogen) atoms. The topological polar surface area (TPSA) is 37.3 Å². The molecule has 0 spiro atoms. The summed E-state index contributed by atoms with van der Waals surface area (Å²) >= 11 is 5.94. The third kappa shape index (κ3) is 3.24. The predicted molar refractivity (Wildman–Crippen MR) is 77.7 cm³/mol. The second-order valence-electron chi connectivity index (χ2n) is 4.21. The Balaban J connectivity index is 2.24. The number of halogens is 1. The number of hydrogen-bond donors (Lipinski definition) is 1. The number of phenolic OH excluding ortho intramolecular Hbond substituents is 1. The van der Waals surface area contributed by atoms with Gasteiger partial charge in [-0.1, -0.05) is 48.0 Å². The lowest BCUT2D eigenvalue weighted by molar-refractivity contribution is 0.104. The summed E-state index contributed by atoms with van der Waals surface area (Å²) in [4.78, 5) is 12.0. The van der Waals surface area contributed by atoms with Crippen LogP contribution in [0.4, 0.5) is 0 Å². The maximum absolute atomic E-state index is 12.0. The molecule has 0 bridgehead atoms. The van der Waals surface area contributed by atoms with E-state index in [4.69, 9.17) is 11.6 Å². The molecule has 0 amide bonds. The smallest absolute Gasteiger partial charge is 0.186 e. The first-order valence-electron chi connectivity index (χ1n) is 5.84. The summed E-state index contributed by atoms with van der Waals surface area (Å²) in [6.07, 6.45) is 3.20. The van der Waals surface area contributed by atoms with Crippen molar-refractivity contribution in [3.8, 4) is 5.75 Å². The lowest BCUT2D eigenvalue weighted by atomic mass is 10.1. The highest BCUT2D eigenvalue weighted by Crippen LogP contribution is 2.26. The molecule has 0 aliphatic carbocycles. The van der Waals surface area contributed by atoms with Crippen LogP contribution >= 0.6 is 11.6 Å². The van der Waals surface area contributed by atoms with Crippen molar-refractivity contribution in [2.75, 3.05) is 0 Å². The van der Waals surface area contributed by atoms with E-state index in [1.807, 2.05) is 30.3 Å². The lowest BCUT2D eigenvalue weighted by Crippen LogP contribution is -1.95. The highest BCUT2D eigenvalue weighted by Gasteiger charge is 2.08. The maximum Gasteiger partial charge on any atom is 0.186 e. The summed E-state index contributed by atoms with van der Waals surface area (Å²) in [5, 5.41) is 10.0. The number of hydrogen-bond acceptors (Lipinski definition) is 2. The standard InChI is InChI=1S/C16H13ClO2/c1-11-14(17)9-13(10-16(11)19)15(18)8-7-12-5-3-2-4-6-12/h2-10,19H,1H3/b8-7+. The predicted octanol–water partition coefficient (Wildman–Crippen LogP) is 4.25. The SMILES string of the molecule is Cc1c(O)cc(C(=O)/C=C/c2ccccc2)cc1Cl. The zero-order valence-corrected chi connectivity index (χ0v) is 11.2. The van der Waals surface area contributed by atoms with Gasteiger partial charge in [0.25, 0.3) is 0 Å². The second-order valence-corrected chi connectivity index (χ2v) is 4.62. The molecule has 2 aromatic rings. The Morgan fingerprint density at radius 2 is 1.89 bits per heavy atom. The minimum atomic E-state index is -0.193. The van der Waals surface area contributed by atoms with Gasteiger partial charge in [-0.25, -0.2) is 0 Å². The van der Waals surface area contributed by atoms with Crippen molar-refractivity contribution in [3.05, 3.63) is 70.3 Å². The van der Waals surface area contributed by atoms with E-state index >= 15 is 0 Å². The van der Waals surface area contributed by atoms with Gasteiger partial charge in [0.15, 0.2) is 5.78 Å². The zero-order valence-electron chi connectivity index (χ0n) is 10.4. The van der Waals surface area contributed by atoms with Crippen LogP contribution in [0.3, 0.4) is 0 Å². The van der Waals surface area contributed by atoms with E-state index in [2.05, 4.69) is 0 Å². The molecule has 0 saturated heterocycles. The van der Waals surface area contributed by atoms with E-state index in [0.717, 1.165) is 5.56 Å². The van der Waals surface area contributed by atoms with Crippen LogP contribution < -0.4 is 0 Å². The Labute approximate surface area is 117 Å². The van der Waals surface area contributed by atoms with E-state index < -0.39 is 0 Å². The monoisotopic (exact) mass is 272 g/mol. The summed E-state index contributed by atoms with van der Waals surface area (Å²) in [5.74, 6) is -0.162. The molecule has 0 fully saturated rings. The molecule has 2 aromatic carbocycles. The van der Waals surface area contributed by atoms with Crippen molar-refractivity contribution < 1.29 is 9.90 Å². The van der Waals surface area contributed by atoms with E-state index in [-0.39, 0.29) is 11.5 Å². The van der Waals surface area contributed by atoms with Gasteiger partial charge in [-0.2, -0.15) is 0 Å². The first-order valence-corrected chi connectivity index (χ1v) is 6.22. The van der Waals surface area contributed by atoms with E-state index in [1.165, 1.54) is 12.1 Å². The number of rotatable bonds is 3. The van der Waals surface area contributed by atoms with Crippen LogP contribution in [-0.4, -0.2) is 10.9 Å². The average Bonchev–Trinajstić information content (AvgIpc) is 2.42. The molecule has 1 N–H and O–H groups in total. The number of carbonyl (C=O) groups excluding carboxylic acids is 1. The fraction of sp³-hybridized carbons (Fsp3) is 0.0625. The molecule has 96 valence electrons. The summed E-state index contributed by atoms with van der Waals surface area (Å²) in [6.45, 7) is 1.70. The summed E-state index contributed by atoms with van der Waals surface area (Å²) in [7, 11) is 0. The highest BCUT2D eigenvalue weighted by molar-refractivity contribution is 6.32.